The van der Waals surface area contributed by atoms with Crippen molar-refractivity contribution in [3.05, 3.63) is 51.5 Å². The van der Waals surface area contributed by atoms with Gasteiger partial charge in [0.15, 0.2) is 0 Å². The van der Waals surface area contributed by atoms with E-state index in [9.17, 15) is 4.79 Å². The topological polar surface area (TPSA) is 30.0 Å². The summed E-state index contributed by atoms with van der Waals surface area (Å²) in [6.07, 6.45) is 4.75. The Kier molecular flexibility index (Phi) is 3.94. The van der Waals surface area contributed by atoms with Crippen molar-refractivity contribution in [2.75, 3.05) is 0 Å². The quantitative estimate of drug-likeness (QED) is 0.838. The van der Waals surface area contributed by atoms with E-state index in [0.717, 1.165) is 36.4 Å². The van der Waals surface area contributed by atoms with Gasteiger partial charge in [0.05, 0.1) is 17.5 Å². The molecule has 0 saturated heterocycles. The summed E-state index contributed by atoms with van der Waals surface area (Å²) in [6, 6.07) is 10.3. The molecule has 0 aliphatic heterocycles. The summed E-state index contributed by atoms with van der Waals surface area (Å²) in [5, 5.41) is 0.970. The van der Waals surface area contributed by atoms with Gasteiger partial charge >= 0.3 is 0 Å². The van der Waals surface area contributed by atoms with Crippen LogP contribution in [0.4, 0.5) is 0 Å². The highest BCUT2D eigenvalue weighted by molar-refractivity contribution is 7.11. The van der Waals surface area contributed by atoms with Crippen molar-refractivity contribution in [1.29, 1.82) is 0 Å². The molecule has 0 amide bonds. The maximum atomic E-state index is 13.0. The third-order valence-electron chi connectivity index (χ3n) is 4.70. The van der Waals surface area contributed by atoms with Crippen LogP contribution in [0.3, 0.4) is 0 Å². The second-order valence-corrected chi connectivity index (χ2v) is 7.29. The number of Topliss-reactive ketones (excluding diaryl/α,β-unsaturated/α-hetero) is 1. The monoisotopic (exact) mass is 299 g/mol. The van der Waals surface area contributed by atoms with Gasteiger partial charge in [0.25, 0.3) is 0 Å². The maximum absolute atomic E-state index is 13.0. The third kappa shape index (κ3) is 2.67. The van der Waals surface area contributed by atoms with Gasteiger partial charge in [-0.1, -0.05) is 43.2 Å². The molecule has 0 unspecified atom stereocenters. The number of aromatic nitrogens is 1. The average Bonchev–Trinajstić information content (AvgIpc) is 3.09. The number of thiazole rings is 1. The van der Waals surface area contributed by atoms with Crippen molar-refractivity contribution in [3.63, 3.8) is 0 Å². The molecule has 2 nitrogen and oxygen atoms in total. The molecule has 1 aliphatic carbocycles. The standard InChI is InChI=1S/C18H21NOS/c1-13-14(2)21-17(19-13)12-16(20)18(10-6-7-11-18)15-8-4-3-5-9-15/h3-5,8-9H,6-7,10-12H2,1-2H3. The van der Waals surface area contributed by atoms with E-state index in [1.165, 1.54) is 10.4 Å². The molecule has 2 aromatic rings. The van der Waals surface area contributed by atoms with Gasteiger partial charge in [0.2, 0.25) is 0 Å². The highest BCUT2D eigenvalue weighted by Gasteiger charge is 2.42. The Morgan fingerprint density at radius 3 is 2.43 bits per heavy atom. The molecule has 1 fully saturated rings. The number of ketones is 1. The SMILES string of the molecule is Cc1nc(CC(=O)C2(c3ccccc3)CCCC2)sc1C. The molecule has 1 aromatic heterocycles. The van der Waals surface area contributed by atoms with E-state index in [0.29, 0.717) is 12.2 Å². The molecule has 3 heteroatoms. The fourth-order valence-electron chi connectivity index (χ4n) is 3.39. The summed E-state index contributed by atoms with van der Waals surface area (Å²) in [6.45, 7) is 4.09. The number of hydrogen-bond acceptors (Lipinski definition) is 3. The zero-order valence-electron chi connectivity index (χ0n) is 12.7. The lowest BCUT2D eigenvalue weighted by atomic mass is 9.74. The fraction of sp³-hybridized carbons (Fsp3) is 0.444. The maximum Gasteiger partial charge on any atom is 0.150 e. The number of rotatable bonds is 4. The van der Waals surface area contributed by atoms with Crippen LogP contribution in [-0.2, 0) is 16.6 Å². The van der Waals surface area contributed by atoms with Gasteiger partial charge in [-0.2, -0.15) is 0 Å². The second kappa shape index (κ2) is 5.72. The molecule has 0 radical (unpaired) electrons. The predicted molar refractivity (Wildman–Crippen MR) is 86.9 cm³/mol. The van der Waals surface area contributed by atoms with E-state index in [-0.39, 0.29) is 5.41 Å². The summed E-state index contributed by atoms with van der Waals surface area (Å²) < 4.78 is 0. The summed E-state index contributed by atoms with van der Waals surface area (Å²) in [4.78, 5) is 18.8. The highest BCUT2D eigenvalue weighted by Crippen LogP contribution is 2.42. The van der Waals surface area contributed by atoms with Gasteiger partial charge < -0.3 is 0 Å². The van der Waals surface area contributed by atoms with Crippen LogP contribution in [0.2, 0.25) is 0 Å². The second-order valence-electron chi connectivity index (χ2n) is 6.00. The van der Waals surface area contributed by atoms with Gasteiger partial charge in [-0.15, -0.1) is 11.3 Å². The number of hydrogen-bond donors (Lipinski definition) is 0. The van der Waals surface area contributed by atoms with Gasteiger partial charge in [0.1, 0.15) is 10.8 Å². The van der Waals surface area contributed by atoms with Crippen molar-refractivity contribution in [2.24, 2.45) is 0 Å². The molecular formula is C18H21NOS. The third-order valence-corrected chi connectivity index (χ3v) is 5.77. The molecule has 0 bridgehead atoms. The first-order valence-corrected chi connectivity index (χ1v) is 8.45. The zero-order valence-corrected chi connectivity index (χ0v) is 13.5. The number of carbonyl (C=O) groups excluding carboxylic acids is 1. The number of nitrogens with zero attached hydrogens (tertiary/aromatic N) is 1. The van der Waals surface area contributed by atoms with Crippen LogP contribution in [0.1, 0.15) is 46.8 Å². The largest absolute Gasteiger partial charge is 0.298 e. The Labute approximate surface area is 130 Å². The summed E-state index contributed by atoms with van der Waals surface area (Å²) in [5.74, 6) is 0.347. The molecule has 1 heterocycles. The minimum absolute atomic E-state index is 0.269. The average molecular weight is 299 g/mol. The Morgan fingerprint density at radius 1 is 1.19 bits per heavy atom. The first kappa shape index (κ1) is 14.5. The first-order valence-electron chi connectivity index (χ1n) is 7.63. The lowest BCUT2D eigenvalue weighted by molar-refractivity contribution is -0.123. The van der Waals surface area contributed by atoms with E-state index in [1.807, 2.05) is 25.1 Å². The van der Waals surface area contributed by atoms with Crippen molar-refractivity contribution in [3.8, 4) is 0 Å². The van der Waals surface area contributed by atoms with Gasteiger partial charge in [-0.05, 0) is 32.3 Å². The minimum Gasteiger partial charge on any atom is -0.298 e. The van der Waals surface area contributed by atoms with Crippen LogP contribution in [0.5, 0.6) is 0 Å². The van der Waals surface area contributed by atoms with Gasteiger partial charge in [-0.25, -0.2) is 4.98 Å². The predicted octanol–water partition coefficient (Wildman–Crippen LogP) is 4.38. The Hall–Kier alpha value is -1.48. The summed E-state index contributed by atoms with van der Waals surface area (Å²) in [5.41, 5.74) is 1.98. The van der Waals surface area contributed by atoms with Crippen LogP contribution in [-0.4, -0.2) is 10.8 Å². The Morgan fingerprint density at radius 2 is 1.86 bits per heavy atom. The summed E-state index contributed by atoms with van der Waals surface area (Å²) in [7, 11) is 0. The van der Waals surface area contributed by atoms with E-state index < -0.39 is 0 Å². The molecule has 3 rings (SSSR count). The van der Waals surface area contributed by atoms with E-state index in [4.69, 9.17) is 0 Å². The van der Waals surface area contributed by atoms with Crippen molar-refractivity contribution >= 4 is 17.1 Å². The van der Waals surface area contributed by atoms with Crippen molar-refractivity contribution in [1.82, 2.24) is 4.98 Å². The van der Waals surface area contributed by atoms with Crippen LogP contribution >= 0.6 is 11.3 Å². The minimum atomic E-state index is -0.269. The van der Waals surface area contributed by atoms with Crippen molar-refractivity contribution in [2.45, 2.75) is 51.4 Å². The van der Waals surface area contributed by atoms with E-state index >= 15 is 0 Å². The zero-order chi connectivity index (χ0) is 14.9. The normalized spacial score (nSPS) is 17.0. The number of aryl methyl sites for hydroxylation is 2. The van der Waals surface area contributed by atoms with Crippen LogP contribution in [0.15, 0.2) is 30.3 Å². The lowest BCUT2D eigenvalue weighted by Gasteiger charge is -2.27. The number of carbonyl (C=O) groups is 1. The van der Waals surface area contributed by atoms with Crippen LogP contribution in [0.25, 0.3) is 0 Å². The van der Waals surface area contributed by atoms with Crippen molar-refractivity contribution < 1.29 is 4.79 Å². The van der Waals surface area contributed by atoms with Gasteiger partial charge in [-0.3, -0.25) is 4.79 Å². The smallest absolute Gasteiger partial charge is 0.150 e. The molecule has 0 spiro atoms. The lowest BCUT2D eigenvalue weighted by Crippen LogP contribution is -2.34. The Balaban J connectivity index is 1.89. The van der Waals surface area contributed by atoms with E-state index in [1.54, 1.807) is 11.3 Å². The molecule has 1 saturated carbocycles. The molecular weight excluding hydrogens is 278 g/mol. The van der Waals surface area contributed by atoms with Crippen LogP contribution < -0.4 is 0 Å². The Bertz CT molecular complexity index is 619. The fourth-order valence-corrected chi connectivity index (χ4v) is 4.32. The molecule has 1 aromatic carbocycles. The highest BCUT2D eigenvalue weighted by atomic mass is 32.1. The van der Waals surface area contributed by atoms with E-state index in [2.05, 4.69) is 24.0 Å². The number of benzene rings is 1. The summed E-state index contributed by atoms with van der Waals surface area (Å²) >= 11 is 1.66. The first-order chi connectivity index (χ1) is 10.1. The van der Waals surface area contributed by atoms with Gasteiger partial charge in [0, 0.05) is 4.88 Å². The molecule has 0 atom stereocenters. The molecule has 1 aliphatic rings. The van der Waals surface area contributed by atoms with Crippen LogP contribution in [0, 0.1) is 13.8 Å². The molecule has 0 N–H and O–H groups in total. The molecule has 21 heavy (non-hydrogen) atoms. The molecule has 110 valence electrons.